The van der Waals surface area contributed by atoms with E-state index in [2.05, 4.69) is 15.4 Å². The molecule has 9 heteroatoms. The second kappa shape index (κ2) is 9.14. The minimum atomic E-state index is -0.855. The van der Waals surface area contributed by atoms with Crippen molar-refractivity contribution in [3.05, 3.63) is 51.4 Å². The molecule has 0 fully saturated rings. The van der Waals surface area contributed by atoms with Gasteiger partial charge in [-0.1, -0.05) is 0 Å². The molecule has 0 aliphatic carbocycles. The molecule has 0 aliphatic rings. The molecule has 2 N–H and O–H groups in total. The Morgan fingerprint density at radius 1 is 1.00 bits per heavy atom. The minimum absolute atomic E-state index is 0.131. The molecular weight excluding hydrogens is 384 g/mol. The summed E-state index contributed by atoms with van der Waals surface area (Å²) in [6, 6.07) is 5.90. The highest BCUT2D eigenvalue weighted by molar-refractivity contribution is 7.16. The Bertz CT molecular complexity index is 917. The van der Waals surface area contributed by atoms with Crippen molar-refractivity contribution in [3.8, 4) is 0 Å². The van der Waals surface area contributed by atoms with Gasteiger partial charge in [-0.05, 0) is 50.6 Å². The highest BCUT2D eigenvalue weighted by Gasteiger charge is 2.23. The SMILES string of the molecule is CCOC(=O)NC(=O)c1c(NC(=O)c2ccc(C(=O)OC)cc2)sc(C)c1C. The average molecular weight is 404 g/mol. The van der Waals surface area contributed by atoms with Crippen LogP contribution in [-0.2, 0) is 9.47 Å². The van der Waals surface area contributed by atoms with Crippen LogP contribution in [0, 0.1) is 13.8 Å². The lowest BCUT2D eigenvalue weighted by Crippen LogP contribution is -2.31. The number of thiophene rings is 1. The number of imide groups is 1. The van der Waals surface area contributed by atoms with Gasteiger partial charge < -0.3 is 14.8 Å². The number of amides is 3. The molecule has 0 radical (unpaired) electrons. The van der Waals surface area contributed by atoms with Gasteiger partial charge in [-0.3, -0.25) is 14.9 Å². The Labute approximate surface area is 165 Å². The largest absolute Gasteiger partial charge is 0.465 e. The van der Waals surface area contributed by atoms with E-state index in [0.717, 1.165) is 4.88 Å². The molecule has 28 heavy (non-hydrogen) atoms. The number of rotatable bonds is 5. The van der Waals surface area contributed by atoms with Crippen molar-refractivity contribution in [2.75, 3.05) is 19.0 Å². The van der Waals surface area contributed by atoms with Gasteiger partial charge in [0.15, 0.2) is 0 Å². The number of nitrogens with one attached hydrogen (secondary N) is 2. The monoisotopic (exact) mass is 404 g/mol. The number of methoxy groups -OCH3 is 1. The van der Waals surface area contributed by atoms with E-state index in [1.165, 1.54) is 42.7 Å². The molecule has 0 saturated heterocycles. The molecule has 8 nitrogen and oxygen atoms in total. The summed E-state index contributed by atoms with van der Waals surface area (Å²) in [6.07, 6.45) is -0.855. The van der Waals surface area contributed by atoms with Gasteiger partial charge in [-0.15, -0.1) is 11.3 Å². The molecule has 0 saturated carbocycles. The molecule has 2 aromatic rings. The van der Waals surface area contributed by atoms with Crippen LogP contribution < -0.4 is 10.6 Å². The number of alkyl carbamates (subject to hydrolysis) is 1. The molecule has 0 aliphatic heterocycles. The van der Waals surface area contributed by atoms with E-state index in [1.807, 2.05) is 6.92 Å². The zero-order chi connectivity index (χ0) is 20.8. The summed E-state index contributed by atoms with van der Waals surface area (Å²) in [7, 11) is 1.27. The van der Waals surface area contributed by atoms with E-state index in [4.69, 9.17) is 4.74 Å². The first-order chi connectivity index (χ1) is 13.3. The number of aryl methyl sites for hydroxylation is 1. The van der Waals surface area contributed by atoms with Crippen molar-refractivity contribution in [2.24, 2.45) is 0 Å². The number of carbonyl (C=O) groups excluding carboxylic acids is 4. The molecule has 0 unspecified atom stereocenters. The topological polar surface area (TPSA) is 111 Å². The number of ether oxygens (including phenoxy) is 2. The summed E-state index contributed by atoms with van der Waals surface area (Å²) in [5, 5.41) is 5.14. The van der Waals surface area contributed by atoms with Crippen molar-refractivity contribution in [2.45, 2.75) is 20.8 Å². The summed E-state index contributed by atoms with van der Waals surface area (Å²) in [6.45, 7) is 5.29. The Kier molecular flexibility index (Phi) is 6.89. The molecule has 1 aromatic heterocycles. The van der Waals surface area contributed by atoms with Crippen LogP contribution in [0.2, 0.25) is 0 Å². The number of esters is 1. The fourth-order valence-electron chi connectivity index (χ4n) is 2.36. The summed E-state index contributed by atoms with van der Waals surface area (Å²) < 4.78 is 9.34. The van der Waals surface area contributed by atoms with Crippen molar-refractivity contribution < 1.29 is 28.7 Å². The number of benzene rings is 1. The molecule has 3 amide bonds. The van der Waals surface area contributed by atoms with Crippen molar-refractivity contribution in [1.82, 2.24) is 5.32 Å². The Morgan fingerprint density at radius 2 is 1.61 bits per heavy atom. The lowest BCUT2D eigenvalue weighted by molar-refractivity contribution is 0.0600. The third-order valence-electron chi connectivity index (χ3n) is 3.90. The second-order valence-electron chi connectivity index (χ2n) is 5.69. The fourth-order valence-corrected chi connectivity index (χ4v) is 3.41. The first kappa shape index (κ1) is 21.1. The minimum Gasteiger partial charge on any atom is -0.465 e. The smallest absolute Gasteiger partial charge is 0.414 e. The first-order valence-corrected chi connectivity index (χ1v) is 9.17. The van der Waals surface area contributed by atoms with Gasteiger partial charge in [-0.2, -0.15) is 0 Å². The van der Waals surface area contributed by atoms with Crippen molar-refractivity contribution in [3.63, 3.8) is 0 Å². The summed E-state index contributed by atoms with van der Waals surface area (Å²) >= 11 is 1.23. The number of hydrogen-bond acceptors (Lipinski definition) is 7. The van der Waals surface area contributed by atoms with Crippen LogP contribution in [-0.4, -0.2) is 37.6 Å². The highest BCUT2D eigenvalue weighted by Crippen LogP contribution is 2.32. The van der Waals surface area contributed by atoms with Crippen LogP contribution in [0.5, 0.6) is 0 Å². The maximum absolute atomic E-state index is 12.5. The maximum Gasteiger partial charge on any atom is 0.414 e. The van der Waals surface area contributed by atoms with Crippen LogP contribution in [0.1, 0.15) is 48.4 Å². The van der Waals surface area contributed by atoms with Gasteiger partial charge in [0.1, 0.15) is 5.00 Å². The second-order valence-corrected chi connectivity index (χ2v) is 6.91. The van der Waals surface area contributed by atoms with E-state index >= 15 is 0 Å². The third kappa shape index (κ3) is 4.74. The standard InChI is InChI=1S/C19H20N2O6S/c1-5-27-19(25)21-16(23)14-10(2)11(3)28-17(14)20-15(22)12-6-8-13(9-7-12)18(24)26-4/h6-9H,5H2,1-4H3,(H,20,22)(H,21,23,25). The van der Waals surface area contributed by atoms with E-state index in [-0.39, 0.29) is 12.2 Å². The molecule has 1 aromatic carbocycles. The van der Waals surface area contributed by atoms with Gasteiger partial charge in [0.25, 0.3) is 11.8 Å². The summed E-state index contributed by atoms with van der Waals surface area (Å²) in [4.78, 5) is 48.8. The molecule has 1 heterocycles. The van der Waals surface area contributed by atoms with E-state index in [0.29, 0.717) is 21.7 Å². The highest BCUT2D eigenvalue weighted by atomic mass is 32.1. The van der Waals surface area contributed by atoms with Gasteiger partial charge in [0, 0.05) is 10.4 Å². The van der Waals surface area contributed by atoms with Gasteiger partial charge >= 0.3 is 12.1 Å². The van der Waals surface area contributed by atoms with Gasteiger partial charge in [0.05, 0.1) is 24.8 Å². The normalized spacial score (nSPS) is 10.1. The van der Waals surface area contributed by atoms with Crippen molar-refractivity contribution in [1.29, 1.82) is 0 Å². The predicted molar refractivity (Wildman–Crippen MR) is 104 cm³/mol. The van der Waals surface area contributed by atoms with Crippen LogP contribution in [0.25, 0.3) is 0 Å². The fraction of sp³-hybridized carbons (Fsp3) is 0.263. The van der Waals surface area contributed by atoms with Gasteiger partial charge in [0.2, 0.25) is 0 Å². The molecule has 0 spiro atoms. The summed E-state index contributed by atoms with van der Waals surface area (Å²) in [5.74, 6) is -1.62. The Hall–Kier alpha value is -3.20. The third-order valence-corrected chi connectivity index (χ3v) is 5.02. The van der Waals surface area contributed by atoms with Gasteiger partial charge in [-0.25, -0.2) is 9.59 Å². The van der Waals surface area contributed by atoms with E-state index < -0.39 is 23.9 Å². The van der Waals surface area contributed by atoms with Crippen LogP contribution >= 0.6 is 11.3 Å². The first-order valence-electron chi connectivity index (χ1n) is 8.36. The van der Waals surface area contributed by atoms with E-state index in [1.54, 1.807) is 13.8 Å². The molecular formula is C19H20N2O6S. The van der Waals surface area contributed by atoms with Crippen LogP contribution in [0.4, 0.5) is 9.80 Å². The zero-order valence-corrected chi connectivity index (χ0v) is 16.7. The Balaban J connectivity index is 2.22. The number of carbonyl (C=O) groups is 4. The molecule has 0 bridgehead atoms. The molecule has 148 valence electrons. The average Bonchev–Trinajstić information content (AvgIpc) is 2.94. The van der Waals surface area contributed by atoms with E-state index in [9.17, 15) is 19.2 Å². The zero-order valence-electron chi connectivity index (χ0n) is 15.9. The maximum atomic E-state index is 12.5. The number of anilines is 1. The van der Waals surface area contributed by atoms with Crippen LogP contribution in [0.3, 0.4) is 0 Å². The summed E-state index contributed by atoms with van der Waals surface area (Å²) in [5.41, 5.74) is 1.47. The lowest BCUT2D eigenvalue weighted by Gasteiger charge is -2.08. The lowest BCUT2D eigenvalue weighted by atomic mass is 10.1. The molecule has 2 rings (SSSR count). The Morgan fingerprint density at radius 3 is 2.18 bits per heavy atom. The predicted octanol–water partition coefficient (Wildman–Crippen LogP) is 3.29. The van der Waals surface area contributed by atoms with Crippen molar-refractivity contribution >= 4 is 40.2 Å². The number of hydrogen-bond donors (Lipinski definition) is 2. The molecule has 0 atom stereocenters. The quantitative estimate of drug-likeness (QED) is 0.740. The van der Waals surface area contributed by atoms with Crippen LogP contribution in [0.15, 0.2) is 24.3 Å².